The normalized spacial score (nSPS) is 14.2. The summed E-state index contributed by atoms with van der Waals surface area (Å²) < 4.78 is 51.2. The summed E-state index contributed by atoms with van der Waals surface area (Å²) in [7, 11) is 0. The van der Waals surface area contributed by atoms with Crippen LogP contribution in [-0.4, -0.2) is 35.7 Å². The number of anilines is 1. The predicted molar refractivity (Wildman–Crippen MR) is 105 cm³/mol. The summed E-state index contributed by atoms with van der Waals surface area (Å²) in [6.07, 6.45) is -3.83. The molecule has 164 valence electrons. The summed E-state index contributed by atoms with van der Waals surface area (Å²) in [5.74, 6) is -0.995. The second-order valence-corrected chi connectivity index (χ2v) is 6.92. The van der Waals surface area contributed by atoms with E-state index in [0.717, 1.165) is 12.1 Å². The Labute approximate surface area is 175 Å². The molecule has 1 heterocycles. The molecule has 0 spiro atoms. The van der Waals surface area contributed by atoms with Crippen molar-refractivity contribution in [1.82, 2.24) is 4.90 Å². The van der Waals surface area contributed by atoms with E-state index in [4.69, 9.17) is 4.84 Å². The van der Waals surface area contributed by atoms with Gasteiger partial charge in [-0.15, -0.1) is 0 Å². The lowest BCUT2D eigenvalue weighted by molar-refractivity contribution is -0.143. The number of rotatable bonds is 4. The minimum Gasteiger partial charge on any atom is -0.324 e. The fourth-order valence-electron chi connectivity index (χ4n) is 2.95. The largest absolute Gasteiger partial charge is 0.416 e. The second-order valence-electron chi connectivity index (χ2n) is 6.92. The maximum atomic E-state index is 12.9. The van der Waals surface area contributed by atoms with Crippen molar-refractivity contribution in [1.29, 1.82) is 0 Å². The maximum Gasteiger partial charge on any atom is 0.416 e. The van der Waals surface area contributed by atoms with Gasteiger partial charge >= 0.3 is 18.2 Å². The van der Waals surface area contributed by atoms with Gasteiger partial charge in [0.15, 0.2) is 0 Å². The third-order valence-corrected chi connectivity index (χ3v) is 4.61. The molecular formula is C21H19F4N3O3. The number of halogens is 4. The molecule has 2 aromatic rings. The molecule has 0 unspecified atom stereocenters. The van der Waals surface area contributed by atoms with Gasteiger partial charge in [-0.05, 0) is 35.9 Å². The van der Waals surface area contributed by atoms with Gasteiger partial charge in [0.2, 0.25) is 0 Å². The van der Waals surface area contributed by atoms with Crippen LogP contribution in [0, 0.1) is 5.82 Å². The lowest BCUT2D eigenvalue weighted by Crippen LogP contribution is -2.41. The summed E-state index contributed by atoms with van der Waals surface area (Å²) >= 11 is 0. The van der Waals surface area contributed by atoms with E-state index >= 15 is 0 Å². The summed E-state index contributed by atoms with van der Waals surface area (Å²) in [5.41, 5.74) is 0.387. The first-order chi connectivity index (χ1) is 14.7. The van der Waals surface area contributed by atoms with E-state index in [0.29, 0.717) is 24.1 Å². The summed E-state index contributed by atoms with van der Waals surface area (Å²) in [6, 6.07) is 9.32. The summed E-state index contributed by atoms with van der Waals surface area (Å²) in [6.45, 7) is 0.554. The molecule has 0 radical (unpaired) electrons. The molecule has 1 N–H and O–H groups in total. The molecule has 2 aromatic carbocycles. The molecule has 2 amide bonds. The Morgan fingerprint density at radius 2 is 1.74 bits per heavy atom. The average Bonchev–Trinajstić information content (AvgIpc) is 2.74. The minimum absolute atomic E-state index is 0.0500. The number of alkyl halides is 3. The van der Waals surface area contributed by atoms with Gasteiger partial charge in [-0.25, -0.2) is 14.0 Å². The molecule has 6 nitrogen and oxygen atoms in total. The van der Waals surface area contributed by atoms with Crippen molar-refractivity contribution in [2.24, 2.45) is 5.16 Å². The monoisotopic (exact) mass is 437 g/mol. The fourth-order valence-corrected chi connectivity index (χ4v) is 2.95. The van der Waals surface area contributed by atoms with Crippen LogP contribution < -0.4 is 5.32 Å². The number of carbonyl (C=O) groups is 2. The highest BCUT2D eigenvalue weighted by Gasteiger charge is 2.30. The van der Waals surface area contributed by atoms with E-state index < -0.39 is 29.6 Å². The number of carbonyl (C=O) groups excluding carboxylic acids is 2. The quantitative estimate of drug-likeness (QED) is 0.431. The number of nitrogens with one attached hydrogen (secondary N) is 1. The number of hydrogen-bond donors (Lipinski definition) is 1. The molecule has 0 aromatic heterocycles. The topological polar surface area (TPSA) is 71.0 Å². The van der Waals surface area contributed by atoms with E-state index in [-0.39, 0.29) is 25.2 Å². The summed E-state index contributed by atoms with van der Waals surface area (Å²) in [4.78, 5) is 30.5. The van der Waals surface area contributed by atoms with Crippen molar-refractivity contribution >= 4 is 23.4 Å². The van der Waals surface area contributed by atoms with E-state index in [1.165, 1.54) is 41.3 Å². The van der Waals surface area contributed by atoms with Gasteiger partial charge < -0.3 is 15.1 Å². The molecular weight excluding hydrogens is 418 g/mol. The van der Waals surface area contributed by atoms with Crippen molar-refractivity contribution in [2.45, 2.75) is 25.4 Å². The van der Waals surface area contributed by atoms with Gasteiger partial charge in [-0.1, -0.05) is 23.4 Å². The molecule has 1 aliphatic rings. The van der Waals surface area contributed by atoms with Crippen molar-refractivity contribution in [3.63, 3.8) is 0 Å². The standard InChI is InChI=1S/C21H19F4N3O3/c22-16-6-4-14(5-7-16)12-19(29)31-27-17-8-10-28(11-9-17)20(30)26-18-3-1-2-15(13-18)21(23,24)25/h1-7,13H,8-12H2,(H,26,30). The van der Waals surface area contributed by atoms with Crippen LogP contribution in [0.5, 0.6) is 0 Å². The van der Waals surface area contributed by atoms with E-state index in [1.807, 2.05) is 0 Å². The maximum absolute atomic E-state index is 12.9. The van der Waals surface area contributed by atoms with E-state index in [9.17, 15) is 27.2 Å². The molecule has 3 rings (SSSR count). The molecule has 31 heavy (non-hydrogen) atoms. The van der Waals surface area contributed by atoms with Gasteiger partial charge in [-0.3, -0.25) is 0 Å². The van der Waals surface area contributed by atoms with Gasteiger partial charge in [0, 0.05) is 31.6 Å². The number of likely N-dealkylation sites (tertiary alicyclic amines) is 1. The SMILES string of the molecule is O=C(Cc1ccc(F)cc1)ON=C1CCN(C(=O)Nc2cccc(C(F)(F)F)c2)CC1. The van der Waals surface area contributed by atoms with Crippen LogP contribution in [-0.2, 0) is 22.2 Å². The molecule has 0 aliphatic carbocycles. The highest BCUT2D eigenvalue weighted by molar-refractivity contribution is 5.92. The van der Waals surface area contributed by atoms with Crippen LogP contribution >= 0.6 is 0 Å². The zero-order valence-corrected chi connectivity index (χ0v) is 16.3. The van der Waals surface area contributed by atoms with Gasteiger partial charge in [0.1, 0.15) is 5.82 Å². The van der Waals surface area contributed by atoms with Crippen LogP contribution in [0.4, 0.5) is 28.0 Å². The highest BCUT2D eigenvalue weighted by atomic mass is 19.4. The van der Waals surface area contributed by atoms with Gasteiger partial charge in [0.25, 0.3) is 0 Å². The zero-order chi connectivity index (χ0) is 22.4. The van der Waals surface area contributed by atoms with Crippen LogP contribution in [0.2, 0.25) is 0 Å². The van der Waals surface area contributed by atoms with Crippen LogP contribution in [0.1, 0.15) is 24.0 Å². The number of nitrogens with zero attached hydrogens (tertiary/aromatic N) is 2. The number of amides is 2. The Hall–Kier alpha value is -3.43. The Morgan fingerprint density at radius 3 is 2.39 bits per heavy atom. The van der Waals surface area contributed by atoms with Crippen molar-refractivity contribution in [3.05, 3.63) is 65.5 Å². The molecule has 0 atom stereocenters. The predicted octanol–water partition coefficient (Wildman–Crippen LogP) is 4.61. The third kappa shape index (κ3) is 6.53. The van der Waals surface area contributed by atoms with Crippen molar-refractivity contribution in [3.8, 4) is 0 Å². The van der Waals surface area contributed by atoms with Gasteiger partial charge in [0.05, 0.1) is 17.7 Å². The number of benzene rings is 2. The molecule has 0 saturated carbocycles. The lowest BCUT2D eigenvalue weighted by atomic mass is 10.1. The van der Waals surface area contributed by atoms with E-state index in [2.05, 4.69) is 10.5 Å². The van der Waals surface area contributed by atoms with Crippen LogP contribution in [0.25, 0.3) is 0 Å². The zero-order valence-electron chi connectivity index (χ0n) is 16.3. The third-order valence-electron chi connectivity index (χ3n) is 4.61. The first kappa shape index (κ1) is 22.3. The van der Waals surface area contributed by atoms with Gasteiger partial charge in [-0.2, -0.15) is 13.2 Å². The lowest BCUT2D eigenvalue weighted by Gasteiger charge is -2.27. The Balaban J connectivity index is 1.47. The fraction of sp³-hybridized carbons (Fsp3) is 0.286. The first-order valence-corrected chi connectivity index (χ1v) is 9.44. The average molecular weight is 437 g/mol. The van der Waals surface area contributed by atoms with Crippen molar-refractivity contribution in [2.75, 3.05) is 18.4 Å². The number of hydrogen-bond acceptors (Lipinski definition) is 4. The minimum atomic E-state index is -4.49. The number of oxime groups is 1. The Morgan fingerprint density at radius 1 is 1.06 bits per heavy atom. The summed E-state index contributed by atoms with van der Waals surface area (Å²) in [5, 5.41) is 6.28. The molecule has 1 fully saturated rings. The second kappa shape index (κ2) is 9.59. The van der Waals surface area contributed by atoms with Crippen LogP contribution in [0.3, 0.4) is 0 Å². The van der Waals surface area contributed by atoms with Crippen molar-refractivity contribution < 1.29 is 32.0 Å². The number of piperidine rings is 1. The van der Waals surface area contributed by atoms with Crippen LogP contribution in [0.15, 0.2) is 53.7 Å². The van der Waals surface area contributed by atoms with E-state index in [1.54, 1.807) is 0 Å². The number of urea groups is 1. The molecule has 0 bridgehead atoms. The molecule has 1 aliphatic heterocycles. The molecule has 10 heteroatoms. The molecule has 1 saturated heterocycles. The Kier molecular flexibility index (Phi) is 6.88. The first-order valence-electron chi connectivity index (χ1n) is 9.44. The highest BCUT2D eigenvalue weighted by Crippen LogP contribution is 2.30. The Bertz CT molecular complexity index is 965. The smallest absolute Gasteiger partial charge is 0.324 e.